The van der Waals surface area contributed by atoms with E-state index in [1.165, 1.54) is 24.3 Å². The van der Waals surface area contributed by atoms with Gasteiger partial charge in [0.05, 0.1) is 5.54 Å². The molecule has 1 N–H and O–H groups in total. The van der Waals surface area contributed by atoms with Gasteiger partial charge in [0.2, 0.25) is 17.4 Å². The van der Waals surface area contributed by atoms with E-state index in [-0.39, 0.29) is 11.3 Å². The summed E-state index contributed by atoms with van der Waals surface area (Å²) in [6.45, 7) is 3.23. The molecule has 0 bridgehead atoms. The van der Waals surface area contributed by atoms with Crippen LogP contribution in [-0.2, 0) is 0 Å². The first-order chi connectivity index (χ1) is 12.6. The predicted molar refractivity (Wildman–Crippen MR) is 87.9 cm³/mol. The number of carbonyl (C=O) groups excluding carboxylic acids is 1. The Morgan fingerprint density at radius 1 is 1.07 bits per heavy atom. The summed E-state index contributed by atoms with van der Waals surface area (Å²) in [5, 5.41) is 11.1. The van der Waals surface area contributed by atoms with Gasteiger partial charge in [0, 0.05) is 5.56 Å². The van der Waals surface area contributed by atoms with E-state index in [4.69, 9.17) is 16.4 Å². The van der Waals surface area contributed by atoms with Gasteiger partial charge in [0.25, 0.3) is 5.91 Å². The Labute approximate surface area is 152 Å². The fourth-order valence-electron chi connectivity index (χ4n) is 1.98. The molecule has 0 atom stereocenters. The zero-order valence-electron chi connectivity index (χ0n) is 14.2. The molecule has 0 radical (unpaired) electrons. The third-order valence-electron chi connectivity index (χ3n) is 3.46. The largest absolute Gasteiger partial charge is 0.451 e. The number of nitriles is 1. The smallest absolute Gasteiger partial charge is 0.252 e. The van der Waals surface area contributed by atoms with Gasteiger partial charge in [0.1, 0.15) is 17.4 Å². The fourth-order valence-corrected chi connectivity index (χ4v) is 1.98. The van der Waals surface area contributed by atoms with Crippen molar-refractivity contribution in [2.75, 3.05) is 0 Å². The van der Waals surface area contributed by atoms with E-state index in [1.54, 1.807) is 13.8 Å². The maximum absolute atomic E-state index is 13.9. The van der Waals surface area contributed by atoms with Crippen LogP contribution in [-0.4, -0.2) is 11.4 Å². The monoisotopic (exact) mass is 376 g/mol. The lowest BCUT2D eigenvalue weighted by atomic mass is 10.1. The molecule has 2 aromatic rings. The van der Waals surface area contributed by atoms with Gasteiger partial charge in [-0.25, -0.2) is 8.78 Å². The summed E-state index contributed by atoms with van der Waals surface area (Å²) in [6.07, 6.45) is 5.28. The zero-order valence-corrected chi connectivity index (χ0v) is 14.2. The number of terminal acetylenes is 1. The van der Waals surface area contributed by atoms with Crippen molar-refractivity contribution in [2.24, 2.45) is 0 Å². The van der Waals surface area contributed by atoms with Gasteiger partial charge in [-0.15, -0.1) is 6.42 Å². The standard InChI is InChI=1S/C19H12F4N2O2/c1-4-19(2,3)25-18(26)10-5-7-11(8-6-10)27-17-15(22)13(20)12(9-24)14(21)16(17)23/h1,5-8H,2-3H3,(H,25,26). The summed E-state index contributed by atoms with van der Waals surface area (Å²) in [5.74, 6) is -7.06. The Balaban J connectivity index is 2.30. The summed E-state index contributed by atoms with van der Waals surface area (Å²) in [7, 11) is 0. The molecule has 0 saturated heterocycles. The second-order valence-electron chi connectivity index (χ2n) is 5.92. The molecule has 0 spiro atoms. The number of benzene rings is 2. The predicted octanol–water partition coefficient (Wildman–Crippen LogP) is 4.05. The third-order valence-corrected chi connectivity index (χ3v) is 3.46. The highest BCUT2D eigenvalue weighted by Crippen LogP contribution is 2.33. The first-order valence-corrected chi connectivity index (χ1v) is 7.45. The number of amides is 1. The molecule has 0 aromatic heterocycles. The third kappa shape index (κ3) is 4.01. The van der Waals surface area contributed by atoms with E-state index in [9.17, 15) is 22.4 Å². The Morgan fingerprint density at radius 3 is 2.04 bits per heavy atom. The highest BCUT2D eigenvalue weighted by atomic mass is 19.2. The van der Waals surface area contributed by atoms with Crippen LogP contribution in [0.3, 0.4) is 0 Å². The summed E-state index contributed by atoms with van der Waals surface area (Å²) in [5.41, 5.74) is -2.11. The number of nitrogens with zero attached hydrogens (tertiary/aromatic N) is 1. The number of ether oxygens (including phenoxy) is 1. The molecule has 2 rings (SSSR count). The van der Waals surface area contributed by atoms with Gasteiger partial charge >= 0.3 is 0 Å². The molecule has 138 valence electrons. The Kier molecular flexibility index (Phi) is 5.41. The molecule has 8 heteroatoms. The maximum atomic E-state index is 13.9. The highest BCUT2D eigenvalue weighted by molar-refractivity contribution is 5.95. The van der Waals surface area contributed by atoms with E-state index >= 15 is 0 Å². The minimum Gasteiger partial charge on any atom is -0.451 e. The number of hydrogen-bond acceptors (Lipinski definition) is 3. The van der Waals surface area contributed by atoms with Gasteiger partial charge in [-0.2, -0.15) is 14.0 Å². The van der Waals surface area contributed by atoms with Crippen molar-refractivity contribution in [1.29, 1.82) is 5.26 Å². The van der Waals surface area contributed by atoms with Crippen LogP contribution < -0.4 is 10.1 Å². The van der Waals surface area contributed by atoms with Crippen molar-refractivity contribution in [1.82, 2.24) is 5.32 Å². The number of halogens is 4. The first-order valence-electron chi connectivity index (χ1n) is 7.45. The van der Waals surface area contributed by atoms with Gasteiger partial charge < -0.3 is 10.1 Å². The molecule has 0 unspecified atom stereocenters. The van der Waals surface area contributed by atoms with Crippen LogP contribution >= 0.6 is 0 Å². The number of hydrogen-bond donors (Lipinski definition) is 1. The van der Waals surface area contributed by atoms with Crippen LogP contribution in [0, 0.1) is 46.9 Å². The zero-order chi connectivity index (χ0) is 20.4. The molecule has 2 aromatic carbocycles. The van der Waals surface area contributed by atoms with E-state index in [1.807, 2.05) is 0 Å². The lowest BCUT2D eigenvalue weighted by Gasteiger charge is -2.19. The van der Waals surface area contributed by atoms with E-state index in [0.29, 0.717) is 0 Å². The Hall–Kier alpha value is -3.52. The lowest BCUT2D eigenvalue weighted by molar-refractivity contribution is 0.0930. The molecule has 0 aliphatic heterocycles. The minimum absolute atomic E-state index is 0.170. The molecule has 4 nitrogen and oxygen atoms in total. The molecule has 0 aliphatic rings. The van der Waals surface area contributed by atoms with E-state index < -0.39 is 46.0 Å². The summed E-state index contributed by atoms with van der Waals surface area (Å²) >= 11 is 0. The summed E-state index contributed by atoms with van der Waals surface area (Å²) in [6, 6.07) is 5.91. The summed E-state index contributed by atoms with van der Waals surface area (Å²) in [4.78, 5) is 12.1. The minimum atomic E-state index is -1.86. The van der Waals surface area contributed by atoms with E-state index in [0.717, 1.165) is 6.07 Å². The van der Waals surface area contributed by atoms with Crippen LogP contribution in [0.1, 0.15) is 29.8 Å². The number of nitrogens with one attached hydrogen (secondary N) is 1. The van der Waals surface area contributed by atoms with Crippen LogP contribution in [0.25, 0.3) is 0 Å². The van der Waals surface area contributed by atoms with Crippen LogP contribution in [0.2, 0.25) is 0 Å². The van der Waals surface area contributed by atoms with Crippen molar-refractivity contribution in [3.63, 3.8) is 0 Å². The normalized spacial score (nSPS) is 10.7. The lowest BCUT2D eigenvalue weighted by Crippen LogP contribution is -2.42. The van der Waals surface area contributed by atoms with Gasteiger partial charge in [0.15, 0.2) is 11.6 Å². The Morgan fingerprint density at radius 2 is 1.59 bits per heavy atom. The quantitative estimate of drug-likeness (QED) is 0.498. The number of rotatable bonds is 4. The molecule has 0 aliphatic carbocycles. The van der Waals surface area contributed by atoms with Crippen molar-refractivity contribution < 1.29 is 27.1 Å². The second kappa shape index (κ2) is 7.38. The average molecular weight is 376 g/mol. The van der Waals surface area contributed by atoms with Gasteiger partial charge in [-0.3, -0.25) is 4.79 Å². The van der Waals surface area contributed by atoms with Crippen LogP contribution in [0.4, 0.5) is 17.6 Å². The SMILES string of the molecule is C#CC(C)(C)NC(=O)c1ccc(Oc2c(F)c(F)c(C#N)c(F)c2F)cc1. The van der Waals surface area contributed by atoms with Gasteiger partial charge in [-0.05, 0) is 38.1 Å². The molecular weight excluding hydrogens is 364 g/mol. The van der Waals surface area contributed by atoms with Crippen molar-refractivity contribution in [3.8, 4) is 29.9 Å². The molecule has 1 amide bonds. The summed E-state index contributed by atoms with van der Waals surface area (Å²) < 4.78 is 59.8. The molecule has 0 fully saturated rings. The molecular formula is C19H12F4N2O2. The van der Waals surface area contributed by atoms with Crippen molar-refractivity contribution in [2.45, 2.75) is 19.4 Å². The van der Waals surface area contributed by atoms with E-state index in [2.05, 4.69) is 11.2 Å². The van der Waals surface area contributed by atoms with Gasteiger partial charge in [-0.1, -0.05) is 5.92 Å². The maximum Gasteiger partial charge on any atom is 0.252 e. The Bertz CT molecular complexity index is 958. The second-order valence-corrected chi connectivity index (χ2v) is 5.92. The molecule has 0 saturated carbocycles. The molecule has 27 heavy (non-hydrogen) atoms. The fraction of sp³-hybridized carbons (Fsp3) is 0.158. The van der Waals surface area contributed by atoms with Crippen molar-refractivity contribution in [3.05, 3.63) is 58.7 Å². The van der Waals surface area contributed by atoms with Crippen molar-refractivity contribution >= 4 is 5.91 Å². The van der Waals surface area contributed by atoms with Crippen LogP contribution in [0.15, 0.2) is 24.3 Å². The first kappa shape index (κ1) is 19.8. The topological polar surface area (TPSA) is 62.1 Å². The van der Waals surface area contributed by atoms with Crippen LogP contribution in [0.5, 0.6) is 11.5 Å². The molecule has 0 heterocycles. The number of carbonyl (C=O) groups is 1. The highest BCUT2D eigenvalue weighted by Gasteiger charge is 2.27. The average Bonchev–Trinajstić information content (AvgIpc) is 2.64.